The number of methoxy groups -OCH3 is 1. The van der Waals surface area contributed by atoms with Gasteiger partial charge in [-0.05, 0) is 13.3 Å². The molecule has 102 valence electrons. The Morgan fingerprint density at radius 2 is 2.35 bits per heavy atom. The fourth-order valence-corrected chi connectivity index (χ4v) is 2.22. The molecule has 1 rings (SSSR count). The molecule has 1 saturated heterocycles. The Labute approximate surface area is 104 Å². The van der Waals surface area contributed by atoms with Crippen molar-refractivity contribution in [3.8, 4) is 0 Å². The number of morpholine rings is 1. The Morgan fingerprint density at radius 3 is 2.94 bits per heavy atom. The minimum Gasteiger partial charge on any atom is -0.395 e. The summed E-state index contributed by atoms with van der Waals surface area (Å²) in [5.41, 5.74) is 0. The van der Waals surface area contributed by atoms with Gasteiger partial charge in [0, 0.05) is 38.8 Å². The molecule has 2 N–H and O–H groups in total. The summed E-state index contributed by atoms with van der Waals surface area (Å²) in [5.74, 6) is 0. The van der Waals surface area contributed by atoms with Crippen molar-refractivity contribution >= 4 is 0 Å². The van der Waals surface area contributed by atoms with E-state index < -0.39 is 0 Å². The van der Waals surface area contributed by atoms with E-state index in [0.29, 0.717) is 25.2 Å². The number of aliphatic hydroxyl groups excluding tert-OH is 1. The topological polar surface area (TPSA) is 54.0 Å². The van der Waals surface area contributed by atoms with Crippen LogP contribution in [0, 0.1) is 0 Å². The predicted molar refractivity (Wildman–Crippen MR) is 67.2 cm³/mol. The van der Waals surface area contributed by atoms with Crippen LogP contribution in [-0.2, 0) is 9.47 Å². The summed E-state index contributed by atoms with van der Waals surface area (Å²) in [5, 5.41) is 12.5. The van der Waals surface area contributed by atoms with Gasteiger partial charge in [-0.3, -0.25) is 4.90 Å². The Balaban J connectivity index is 2.31. The summed E-state index contributed by atoms with van der Waals surface area (Å²) in [4.78, 5) is 2.26. The zero-order valence-corrected chi connectivity index (χ0v) is 11.0. The molecule has 5 heteroatoms. The number of hydrogen-bond donors (Lipinski definition) is 2. The molecule has 1 aliphatic heterocycles. The van der Waals surface area contributed by atoms with E-state index in [1.807, 2.05) is 0 Å². The van der Waals surface area contributed by atoms with Gasteiger partial charge in [-0.25, -0.2) is 0 Å². The fourth-order valence-electron chi connectivity index (χ4n) is 2.22. The van der Waals surface area contributed by atoms with Gasteiger partial charge in [-0.1, -0.05) is 0 Å². The van der Waals surface area contributed by atoms with Crippen LogP contribution in [0.3, 0.4) is 0 Å². The van der Waals surface area contributed by atoms with E-state index in [2.05, 4.69) is 17.1 Å². The molecule has 0 aromatic rings. The first-order chi connectivity index (χ1) is 8.27. The van der Waals surface area contributed by atoms with Crippen molar-refractivity contribution in [3.63, 3.8) is 0 Å². The Bertz CT molecular complexity index is 187. The Kier molecular flexibility index (Phi) is 7.72. The monoisotopic (exact) mass is 246 g/mol. The lowest BCUT2D eigenvalue weighted by molar-refractivity contribution is 0.0536. The number of ether oxygens (including phenoxy) is 2. The maximum Gasteiger partial charge on any atom is 0.0620 e. The van der Waals surface area contributed by atoms with Crippen LogP contribution in [0.25, 0.3) is 0 Å². The number of nitrogens with one attached hydrogen (secondary N) is 1. The second-order valence-electron chi connectivity index (χ2n) is 4.56. The lowest BCUT2D eigenvalue weighted by atomic mass is 10.1. The minimum atomic E-state index is 0.197. The molecule has 17 heavy (non-hydrogen) atoms. The fraction of sp³-hybridized carbons (Fsp3) is 1.00. The average molecular weight is 246 g/mol. The first kappa shape index (κ1) is 14.9. The molecule has 1 aliphatic rings. The van der Waals surface area contributed by atoms with Crippen LogP contribution in [0.5, 0.6) is 0 Å². The number of rotatable bonds is 8. The molecule has 0 bridgehead atoms. The highest BCUT2D eigenvalue weighted by atomic mass is 16.5. The van der Waals surface area contributed by atoms with Crippen molar-refractivity contribution in [2.24, 2.45) is 0 Å². The van der Waals surface area contributed by atoms with Crippen molar-refractivity contribution in [2.45, 2.75) is 25.4 Å². The summed E-state index contributed by atoms with van der Waals surface area (Å²) in [6, 6.07) is 0.860. The first-order valence-corrected chi connectivity index (χ1v) is 6.43. The molecule has 0 aliphatic carbocycles. The van der Waals surface area contributed by atoms with Crippen molar-refractivity contribution in [1.29, 1.82) is 0 Å². The van der Waals surface area contributed by atoms with Crippen LogP contribution in [-0.4, -0.2) is 75.3 Å². The molecule has 1 fully saturated rings. The molecule has 0 saturated carbocycles. The molecule has 0 aromatic carbocycles. The average Bonchev–Trinajstić information content (AvgIpc) is 2.35. The molecular formula is C12H26N2O3. The molecule has 0 radical (unpaired) electrons. The van der Waals surface area contributed by atoms with Gasteiger partial charge in [-0.2, -0.15) is 0 Å². The van der Waals surface area contributed by atoms with Crippen molar-refractivity contribution in [3.05, 3.63) is 0 Å². The van der Waals surface area contributed by atoms with E-state index in [0.717, 1.165) is 32.7 Å². The van der Waals surface area contributed by atoms with Crippen LogP contribution >= 0.6 is 0 Å². The van der Waals surface area contributed by atoms with Crippen molar-refractivity contribution in [1.82, 2.24) is 10.2 Å². The maximum atomic E-state index is 9.07. The summed E-state index contributed by atoms with van der Waals surface area (Å²) in [6.07, 6.45) is 1.05. The van der Waals surface area contributed by atoms with Gasteiger partial charge in [0.25, 0.3) is 0 Å². The summed E-state index contributed by atoms with van der Waals surface area (Å²) in [7, 11) is 1.71. The molecule has 2 atom stereocenters. The highest BCUT2D eigenvalue weighted by molar-refractivity contribution is 4.77. The van der Waals surface area contributed by atoms with E-state index in [-0.39, 0.29) is 6.61 Å². The van der Waals surface area contributed by atoms with Gasteiger partial charge in [0.05, 0.1) is 26.4 Å². The molecule has 0 spiro atoms. The standard InChI is InChI=1S/C12H26N2O3/c1-11(9-12-10-17-7-3-13-12)14(4-6-15)5-8-16-2/h11-13,15H,3-10H2,1-2H3. The quantitative estimate of drug-likeness (QED) is 0.615. The Morgan fingerprint density at radius 1 is 1.53 bits per heavy atom. The van der Waals surface area contributed by atoms with Gasteiger partial charge in [0.15, 0.2) is 0 Å². The van der Waals surface area contributed by atoms with Crippen LogP contribution in [0.1, 0.15) is 13.3 Å². The highest BCUT2D eigenvalue weighted by Gasteiger charge is 2.20. The van der Waals surface area contributed by atoms with E-state index in [1.54, 1.807) is 7.11 Å². The number of hydrogen-bond acceptors (Lipinski definition) is 5. The lowest BCUT2D eigenvalue weighted by Gasteiger charge is -2.32. The minimum absolute atomic E-state index is 0.197. The normalized spacial score (nSPS) is 22.9. The van der Waals surface area contributed by atoms with Crippen LogP contribution in [0.4, 0.5) is 0 Å². The van der Waals surface area contributed by atoms with Crippen molar-refractivity contribution in [2.75, 3.05) is 53.2 Å². The largest absolute Gasteiger partial charge is 0.395 e. The molecule has 5 nitrogen and oxygen atoms in total. The van der Waals surface area contributed by atoms with Crippen LogP contribution in [0.15, 0.2) is 0 Å². The second-order valence-corrected chi connectivity index (χ2v) is 4.56. The molecule has 1 heterocycles. The third-order valence-electron chi connectivity index (χ3n) is 3.22. The first-order valence-electron chi connectivity index (χ1n) is 6.43. The predicted octanol–water partition coefficient (Wildman–Crippen LogP) is -0.306. The van der Waals surface area contributed by atoms with Gasteiger partial charge in [-0.15, -0.1) is 0 Å². The second kappa shape index (κ2) is 8.83. The molecule has 2 unspecified atom stereocenters. The van der Waals surface area contributed by atoms with Crippen molar-refractivity contribution < 1.29 is 14.6 Å². The van der Waals surface area contributed by atoms with E-state index in [9.17, 15) is 0 Å². The Hall–Kier alpha value is -0.200. The third-order valence-corrected chi connectivity index (χ3v) is 3.22. The van der Waals surface area contributed by atoms with Gasteiger partial charge >= 0.3 is 0 Å². The smallest absolute Gasteiger partial charge is 0.0620 e. The maximum absolute atomic E-state index is 9.07. The zero-order chi connectivity index (χ0) is 12.5. The highest BCUT2D eigenvalue weighted by Crippen LogP contribution is 2.09. The van der Waals surface area contributed by atoms with Gasteiger partial charge in [0.2, 0.25) is 0 Å². The molecular weight excluding hydrogens is 220 g/mol. The molecule has 0 aromatic heterocycles. The third kappa shape index (κ3) is 5.79. The summed E-state index contributed by atoms with van der Waals surface area (Å²) in [6.45, 7) is 7.22. The number of nitrogens with zero attached hydrogens (tertiary/aromatic N) is 1. The number of aliphatic hydroxyl groups is 1. The van der Waals surface area contributed by atoms with Gasteiger partial charge in [0.1, 0.15) is 0 Å². The van der Waals surface area contributed by atoms with Crippen LogP contribution < -0.4 is 5.32 Å². The van der Waals surface area contributed by atoms with Crippen LogP contribution in [0.2, 0.25) is 0 Å². The van der Waals surface area contributed by atoms with E-state index in [4.69, 9.17) is 14.6 Å². The SMILES string of the molecule is COCCN(CCO)C(C)CC1COCCN1. The molecule has 0 amide bonds. The zero-order valence-electron chi connectivity index (χ0n) is 11.0. The van der Waals surface area contributed by atoms with E-state index >= 15 is 0 Å². The lowest BCUT2D eigenvalue weighted by Crippen LogP contribution is -2.47. The summed E-state index contributed by atoms with van der Waals surface area (Å²) >= 11 is 0. The van der Waals surface area contributed by atoms with Gasteiger partial charge < -0.3 is 19.9 Å². The summed E-state index contributed by atoms with van der Waals surface area (Å²) < 4.78 is 10.5. The van der Waals surface area contributed by atoms with E-state index in [1.165, 1.54) is 0 Å².